The molecule has 0 aliphatic rings. The number of aryl methyl sites for hydroxylation is 2. The summed E-state index contributed by atoms with van der Waals surface area (Å²) in [5.74, 6) is 0. The normalized spacial score (nSPS) is 13.3. The minimum atomic E-state index is -0.351. The van der Waals surface area contributed by atoms with E-state index in [1.807, 2.05) is 20.2 Å². The number of fused-ring (bicyclic) bond motifs is 1. The lowest BCUT2D eigenvalue weighted by molar-refractivity contribution is 0.175. The van der Waals surface area contributed by atoms with Crippen molar-refractivity contribution in [3.63, 3.8) is 0 Å². The van der Waals surface area contributed by atoms with Crippen molar-refractivity contribution < 1.29 is 5.11 Å². The molecule has 0 spiro atoms. The summed E-state index contributed by atoms with van der Waals surface area (Å²) in [5.41, 5.74) is 3.48. The first-order valence-corrected chi connectivity index (χ1v) is 5.37. The van der Waals surface area contributed by atoms with Crippen LogP contribution in [0.1, 0.15) is 30.6 Å². The zero-order chi connectivity index (χ0) is 11.0. The summed E-state index contributed by atoms with van der Waals surface area (Å²) in [6, 6.07) is 6.34. The topological polar surface area (TPSA) is 25.2 Å². The predicted octanol–water partition coefficient (Wildman–Crippen LogP) is 2.93. The van der Waals surface area contributed by atoms with E-state index in [2.05, 4.69) is 29.7 Å². The van der Waals surface area contributed by atoms with Crippen LogP contribution in [-0.2, 0) is 7.05 Å². The first-order chi connectivity index (χ1) is 7.13. The molecule has 0 aliphatic carbocycles. The monoisotopic (exact) mass is 203 g/mol. The Kier molecular flexibility index (Phi) is 2.53. The molecule has 0 saturated heterocycles. The molecule has 2 heteroatoms. The minimum absolute atomic E-state index is 0.351. The maximum atomic E-state index is 9.90. The molecule has 0 radical (unpaired) electrons. The number of hydrogen-bond acceptors (Lipinski definition) is 1. The van der Waals surface area contributed by atoms with Gasteiger partial charge in [-0.3, -0.25) is 0 Å². The number of aliphatic hydroxyl groups is 1. The molecule has 0 amide bonds. The molecule has 2 nitrogen and oxygen atoms in total. The Labute approximate surface area is 90.2 Å². The van der Waals surface area contributed by atoms with E-state index in [0.717, 1.165) is 17.4 Å². The molecule has 1 N–H and O–H groups in total. The highest BCUT2D eigenvalue weighted by atomic mass is 16.3. The molecule has 1 aromatic carbocycles. The Hall–Kier alpha value is -1.28. The van der Waals surface area contributed by atoms with Crippen molar-refractivity contribution >= 4 is 10.9 Å². The van der Waals surface area contributed by atoms with Crippen molar-refractivity contribution in [1.82, 2.24) is 4.57 Å². The molecule has 0 aliphatic heterocycles. The number of aliphatic hydroxyl groups excluding tert-OH is 1. The zero-order valence-electron chi connectivity index (χ0n) is 9.49. The number of hydrogen-bond donors (Lipinski definition) is 1. The van der Waals surface area contributed by atoms with Crippen LogP contribution in [0.5, 0.6) is 0 Å². The van der Waals surface area contributed by atoms with Gasteiger partial charge in [0, 0.05) is 29.7 Å². The first-order valence-electron chi connectivity index (χ1n) is 5.37. The molecular formula is C13H17NO. The van der Waals surface area contributed by atoms with Crippen LogP contribution in [-0.4, -0.2) is 9.67 Å². The first kappa shape index (κ1) is 10.2. The minimum Gasteiger partial charge on any atom is -0.388 e. The number of benzene rings is 1. The molecule has 0 bridgehead atoms. The molecule has 0 unspecified atom stereocenters. The lowest BCUT2D eigenvalue weighted by atomic mass is 10.1. The van der Waals surface area contributed by atoms with Crippen molar-refractivity contribution in [2.24, 2.45) is 7.05 Å². The number of rotatable bonds is 2. The van der Waals surface area contributed by atoms with Crippen molar-refractivity contribution in [2.75, 3.05) is 0 Å². The van der Waals surface area contributed by atoms with Gasteiger partial charge in [0.2, 0.25) is 0 Å². The van der Waals surface area contributed by atoms with Crippen molar-refractivity contribution in [1.29, 1.82) is 0 Å². The largest absolute Gasteiger partial charge is 0.388 e. The second kappa shape index (κ2) is 3.70. The smallest absolute Gasteiger partial charge is 0.0808 e. The SMILES string of the molecule is CC[C@@H](O)c1cn(C)c2cc(C)ccc12. The summed E-state index contributed by atoms with van der Waals surface area (Å²) < 4.78 is 2.08. The fourth-order valence-corrected chi connectivity index (χ4v) is 2.01. The van der Waals surface area contributed by atoms with Gasteiger partial charge in [-0.15, -0.1) is 0 Å². The summed E-state index contributed by atoms with van der Waals surface area (Å²) >= 11 is 0. The van der Waals surface area contributed by atoms with Crippen LogP contribution < -0.4 is 0 Å². The second-order valence-corrected chi connectivity index (χ2v) is 4.14. The third-order valence-corrected chi connectivity index (χ3v) is 2.92. The lowest BCUT2D eigenvalue weighted by Crippen LogP contribution is -1.93. The van der Waals surface area contributed by atoms with Crippen LogP contribution >= 0.6 is 0 Å². The van der Waals surface area contributed by atoms with Crippen molar-refractivity contribution in [3.8, 4) is 0 Å². The molecule has 1 atom stereocenters. The molecule has 0 saturated carbocycles. The summed E-state index contributed by atoms with van der Waals surface area (Å²) in [4.78, 5) is 0. The van der Waals surface area contributed by atoms with Crippen LogP contribution in [0.3, 0.4) is 0 Å². The molecule has 2 aromatic rings. The average molecular weight is 203 g/mol. The van der Waals surface area contributed by atoms with Gasteiger partial charge in [-0.25, -0.2) is 0 Å². The molecule has 0 fully saturated rings. The average Bonchev–Trinajstić information content (AvgIpc) is 2.55. The van der Waals surface area contributed by atoms with Gasteiger partial charge >= 0.3 is 0 Å². The maximum Gasteiger partial charge on any atom is 0.0808 e. The van der Waals surface area contributed by atoms with Crippen molar-refractivity contribution in [3.05, 3.63) is 35.5 Å². The fourth-order valence-electron chi connectivity index (χ4n) is 2.01. The molecule has 1 heterocycles. The van der Waals surface area contributed by atoms with Crippen LogP contribution in [0, 0.1) is 6.92 Å². The Balaban J connectivity index is 2.68. The highest BCUT2D eigenvalue weighted by Gasteiger charge is 2.12. The quantitative estimate of drug-likeness (QED) is 0.797. The van der Waals surface area contributed by atoms with Crippen LogP contribution in [0.25, 0.3) is 10.9 Å². The highest BCUT2D eigenvalue weighted by molar-refractivity contribution is 5.84. The molecular weight excluding hydrogens is 186 g/mol. The van der Waals surface area contributed by atoms with Gasteiger partial charge in [-0.05, 0) is 25.0 Å². The van der Waals surface area contributed by atoms with E-state index in [1.54, 1.807) is 0 Å². The summed E-state index contributed by atoms with van der Waals surface area (Å²) in [6.45, 7) is 4.08. The Bertz CT molecular complexity index is 484. The number of nitrogens with zero attached hydrogens (tertiary/aromatic N) is 1. The Morgan fingerprint density at radius 3 is 2.80 bits per heavy atom. The van der Waals surface area contributed by atoms with E-state index in [-0.39, 0.29) is 6.10 Å². The third kappa shape index (κ3) is 1.65. The van der Waals surface area contributed by atoms with E-state index in [4.69, 9.17) is 0 Å². The van der Waals surface area contributed by atoms with Gasteiger partial charge in [0.1, 0.15) is 0 Å². The van der Waals surface area contributed by atoms with Gasteiger partial charge in [0.05, 0.1) is 6.10 Å². The zero-order valence-corrected chi connectivity index (χ0v) is 9.49. The van der Waals surface area contributed by atoms with Crippen LogP contribution in [0.15, 0.2) is 24.4 Å². The Morgan fingerprint density at radius 2 is 2.13 bits per heavy atom. The number of aromatic nitrogens is 1. The summed E-state index contributed by atoms with van der Waals surface area (Å²) in [7, 11) is 2.02. The highest BCUT2D eigenvalue weighted by Crippen LogP contribution is 2.28. The fraction of sp³-hybridized carbons (Fsp3) is 0.385. The summed E-state index contributed by atoms with van der Waals surface area (Å²) in [5, 5.41) is 11.1. The van der Waals surface area contributed by atoms with Crippen LogP contribution in [0.2, 0.25) is 0 Å². The second-order valence-electron chi connectivity index (χ2n) is 4.14. The van der Waals surface area contributed by atoms with Crippen molar-refractivity contribution in [2.45, 2.75) is 26.4 Å². The molecule has 15 heavy (non-hydrogen) atoms. The molecule has 2 rings (SSSR count). The van der Waals surface area contributed by atoms with Gasteiger partial charge < -0.3 is 9.67 Å². The lowest BCUT2D eigenvalue weighted by Gasteiger charge is -2.05. The predicted molar refractivity (Wildman–Crippen MR) is 62.9 cm³/mol. The molecule has 80 valence electrons. The van der Waals surface area contributed by atoms with E-state index in [9.17, 15) is 5.11 Å². The van der Waals surface area contributed by atoms with E-state index in [0.29, 0.717) is 0 Å². The van der Waals surface area contributed by atoms with E-state index < -0.39 is 0 Å². The van der Waals surface area contributed by atoms with Gasteiger partial charge in [-0.1, -0.05) is 19.1 Å². The standard InChI is InChI=1S/C13H17NO/c1-4-13(15)11-8-14(3)12-7-9(2)5-6-10(11)12/h5-8,13,15H,4H2,1-3H3/t13-/m1/s1. The maximum absolute atomic E-state index is 9.90. The van der Waals surface area contributed by atoms with E-state index >= 15 is 0 Å². The van der Waals surface area contributed by atoms with Gasteiger partial charge in [0.15, 0.2) is 0 Å². The Morgan fingerprint density at radius 1 is 1.40 bits per heavy atom. The van der Waals surface area contributed by atoms with Gasteiger partial charge in [-0.2, -0.15) is 0 Å². The summed E-state index contributed by atoms with van der Waals surface area (Å²) in [6.07, 6.45) is 2.43. The van der Waals surface area contributed by atoms with Crippen LogP contribution in [0.4, 0.5) is 0 Å². The third-order valence-electron chi connectivity index (χ3n) is 2.92. The van der Waals surface area contributed by atoms with Gasteiger partial charge in [0.25, 0.3) is 0 Å². The molecule has 1 aromatic heterocycles. The van der Waals surface area contributed by atoms with E-state index in [1.165, 1.54) is 11.1 Å².